The number of carbonyl (C=O) groups excluding carboxylic acids is 1. The maximum atomic E-state index is 11.9. The highest BCUT2D eigenvalue weighted by atomic mass is 16.5. The Bertz CT molecular complexity index is 446. The molecule has 0 spiro atoms. The van der Waals surface area contributed by atoms with Crippen LogP contribution < -0.4 is 5.56 Å². The van der Waals surface area contributed by atoms with Gasteiger partial charge in [-0.15, -0.1) is 0 Å². The first-order valence-electron chi connectivity index (χ1n) is 5.50. The number of methoxy groups -OCH3 is 1. The van der Waals surface area contributed by atoms with Crippen LogP contribution in [-0.2, 0) is 11.3 Å². The largest absolute Gasteiger partial charge is 0.465 e. The molecule has 1 fully saturated rings. The highest BCUT2D eigenvalue weighted by molar-refractivity contribution is 5.88. The zero-order valence-corrected chi connectivity index (χ0v) is 9.31. The topological polar surface area (TPSA) is 48.3 Å². The first-order valence-corrected chi connectivity index (χ1v) is 5.50. The van der Waals surface area contributed by atoms with Crippen molar-refractivity contribution in [3.63, 3.8) is 0 Å². The maximum absolute atomic E-state index is 11.9. The third kappa shape index (κ3) is 2.01. The maximum Gasteiger partial charge on any atom is 0.343 e. The predicted molar refractivity (Wildman–Crippen MR) is 59.4 cm³/mol. The van der Waals surface area contributed by atoms with E-state index in [9.17, 15) is 9.59 Å². The molecule has 0 aromatic carbocycles. The fourth-order valence-corrected chi connectivity index (χ4v) is 1.90. The lowest BCUT2D eigenvalue weighted by atomic mass is 9.85. The second-order valence-corrected chi connectivity index (χ2v) is 4.17. The zero-order valence-electron chi connectivity index (χ0n) is 9.31. The SMILES string of the molecule is COC(=O)c1cccn(CC2CCC2)c1=O. The molecule has 1 aliphatic rings. The van der Waals surface area contributed by atoms with Gasteiger partial charge in [-0.1, -0.05) is 6.42 Å². The molecule has 4 heteroatoms. The third-order valence-electron chi connectivity index (χ3n) is 3.11. The zero-order chi connectivity index (χ0) is 11.5. The second kappa shape index (κ2) is 4.51. The van der Waals surface area contributed by atoms with E-state index in [2.05, 4.69) is 4.74 Å². The van der Waals surface area contributed by atoms with Crippen LogP contribution in [0.3, 0.4) is 0 Å². The van der Waals surface area contributed by atoms with Gasteiger partial charge in [-0.2, -0.15) is 0 Å². The molecule has 0 bridgehead atoms. The summed E-state index contributed by atoms with van der Waals surface area (Å²) < 4.78 is 6.17. The summed E-state index contributed by atoms with van der Waals surface area (Å²) in [7, 11) is 1.28. The summed E-state index contributed by atoms with van der Waals surface area (Å²) >= 11 is 0. The fraction of sp³-hybridized carbons (Fsp3) is 0.500. The quantitative estimate of drug-likeness (QED) is 0.725. The van der Waals surface area contributed by atoms with Gasteiger partial charge in [-0.25, -0.2) is 4.79 Å². The summed E-state index contributed by atoms with van der Waals surface area (Å²) in [6.07, 6.45) is 5.33. The summed E-state index contributed by atoms with van der Waals surface area (Å²) in [6, 6.07) is 3.22. The van der Waals surface area contributed by atoms with E-state index < -0.39 is 5.97 Å². The standard InChI is InChI=1S/C12H15NO3/c1-16-12(15)10-6-3-7-13(11(10)14)8-9-4-2-5-9/h3,6-7,9H,2,4-5,8H2,1H3. The molecular formula is C12H15NO3. The predicted octanol–water partition coefficient (Wildman–Crippen LogP) is 1.43. The number of nitrogens with zero attached hydrogens (tertiary/aromatic N) is 1. The van der Waals surface area contributed by atoms with Crippen molar-refractivity contribution < 1.29 is 9.53 Å². The summed E-state index contributed by atoms with van der Waals surface area (Å²) in [5, 5.41) is 0. The smallest absolute Gasteiger partial charge is 0.343 e. The van der Waals surface area contributed by atoms with Gasteiger partial charge in [0.15, 0.2) is 0 Å². The Morgan fingerprint density at radius 1 is 1.56 bits per heavy atom. The molecule has 1 saturated carbocycles. The van der Waals surface area contributed by atoms with Crippen molar-refractivity contribution in [3.05, 3.63) is 34.2 Å². The lowest BCUT2D eigenvalue weighted by Gasteiger charge is -2.25. The molecule has 0 radical (unpaired) electrons. The Kier molecular flexibility index (Phi) is 3.08. The van der Waals surface area contributed by atoms with E-state index in [1.54, 1.807) is 16.8 Å². The Labute approximate surface area is 93.8 Å². The minimum absolute atomic E-state index is 0.115. The molecule has 0 aliphatic heterocycles. The van der Waals surface area contributed by atoms with Crippen molar-refractivity contribution in [1.82, 2.24) is 4.57 Å². The number of carbonyl (C=O) groups is 1. The molecule has 1 aliphatic carbocycles. The fourth-order valence-electron chi connectivity index (χ4n) is 1.90. The van der Waals surface area contributed by atoms with Crippen molar-refractivity contribution in [2.45, 2.75) is 25.8 Å². The second-order valence-electron chi connectivity index (χ2n) is 4.17. The molecule has 0 atom stereocenters. The Hall–Kier alpha value is -1.58. The van der Waals surface area contributed by atoms with Crippen molar-refractivity contribution in [2.24, 2.45) is 5.92 Å². The summed E-state index contributed by atoms with van der Waals surface area (Å²) in [4.78, 5) is 23.2. The lowest BCUT2D eigenvalue weighted by Crippen LogP contribution is -2.30. The van der Waals surface area contributed by atoms with E-state index in [1.807, 2.05) is 0 Å². The lowest BCUT2D eigenvalue weighted by molar-refractivity contribution is 0.0597. The minimum atomic E-state index is -0.562. The van der Waals surface area contributed by atoms with Crippen LogP contribution in [0.2, 0.25) is 0 Å². The van der Waals surface area contributed by atoms with Gasteiger partial charge in [0, 0.05) is 12.7 Å². The monoisotopic (exact) mass is 221 g/mol. The number of aromatic nitrogens is 1. The van der Waals surface area contributed by atoms with E-state index in [0.29, 0.717) is 12.5 Å². The number of rotatable bonds is 3. The first kappa shape index (κ1) is 10.9. The molecular weight excluding hydrogens is 206 g/mol. The molecule has 16 heavy (non-hydrogen) atoms. The molecule has 1 aromatic heterocycles. The number of hydrogen-bond acceptors (Lipinski definition) is 3. The Morgan fingerprint density at radius 2 is 2.31 bits per heavy atom. The van der Waals surface area contributed by atoms with Gasteiger partial charge in [0.25, 0.3) is 5.56 Å². The van der Waals surface area contributed by atoms with Crippen molar-refractivity contribution in [1.29, 1.82) is 0 Å². The van der Waals surface area contributed by atoms with Crippen molar-refractivity contribution in [2.75, 3.05) is 7.11 Å². The van der Waals surface area contributed by atoms with Crippen LogP contribution >= 0.6 is 0 Å². The van der Waals surface area contributed by atoms with Crippen LogP contribution in [0.15, 0.2) is 23.1 Å². The van der Waals surface area contributed by atoms with Gasteiger partial charge in [-0.05, 0) is 30.9 Å². The van der Waals surface area contributed by atoms with E-state index in [4.69, 9.17) is 0 Å². The van der Waals surface area contributed by atoms with Crippen LogP contribution in [0.5, 0.6) is 0 Å². The van der Waals surface area contributed by atoms with Gasteiger partial charge in [-0.3, -0.25) is 4.79 Å². The molecule has 86 valence electrons. The van der Waals surface area contributed by atoms with Gasteiger partial charge in [0.2, 0.25) is 0 Å². The molecule has 1 aromatic rings. The van der Waals surface area contributed by atoms with Gasteiger partial charge < -0.3 is 9.30 Å². The van der Waals surface area contributed by atoms with Crippen LogP contribution in [-0.4, -0.2) is 17.6 Å². The van der Waals surface area contributed by atoms with Crippen LogP contribution in [0, 0.1) is 5.92 Å². The molecule has 4 nitrogen and oxygen atoms in total. The normalized spacial score (nSPS) is 15.6. The van der Waals surface area contributed by atoms with E-state index in [-0.39, 0.29) is 11.1 Å². The number of hydrogen-bond donors (Lipinski definition) is 0. The average Bonchev–Trinajstić information content (AvgIpc) is 2.24. The molecule has 0 N–H and O–H groups in total. The number of ether oxygens (including phenoxy) is 1. The van der Waals surface area contributed by atoms with E-state index >= 15 is 0 Å². The van der Waals surface area contributed by atoms with E-state index in [1.165, 1.54) is 32.4 Å². The van der Waals surface area contributed by atoms with Gasteiger partial charge in [0.05, 0.1) is 7.11 Å². The number of pyridine rings is 1. The van der Waals surface area contributed by atoms with Gasteiger partial charge in [0.1, 0.15) is 5.56 Å². The van der Waals surface area contributed by atoms with Crippen molar-refractivity contribution in [3.8, 4) is 0 Å². The molecule has 0 saturated heterocycles. The van der Waals surface area contributed by atoms with E-state index in [0.717, 1.165) is 0 Å². The summed E-state index contributed by atoms with van der Waals surface area (Å²) in [6.45, 7) is 0.712. The Morgan fingerprint density at radius 3 is 2.88 bits per heavy atom. The molecule has 0 unspecified atom stereocenters. The average molecular weight is 221 g/mol. The minimum Gasteiger partial charge on any atom is -0.465 e. The van der Waals surface area contributed by atoms with Gasteiger partial charge >= 0.3 is 5.97 Å². The summed E-state index contributed by atoms with van der Waals surface area (Å²) in [5.41, 5.74) is -0.134. The van der Waals surface area contributed by atoms with Crippen LogP contribution in [0.25, 0.3) is 0 Å². The highest BCUT2D eigenvalue weighted by Gasteiger charge is 2.19. The van der Waals surface area contributed by atoms with Crippen LogP contribution in [0.4, 0.5) is 0 Å². The van der Waals surface area contributed by atoms with Crippen LogP contribution in [0.1, 0.15) is 29.6 Å². The molecule has 1 heterocycles. The van der Waals surface area contributed by atoms with Crippen molar-refractivity contribution >= 4 is 5.97 Å². The third-order valence-corrected chi connectivity index (χ3v) is 3.11. The molecule has 0 amide bonds. The first-order chi connectivity index (χ1) is 7.72. The summed E-state index contributed by atoms with van der Waals surface area (Å²) in [5.74, 6) is 0.0264. The highest BCUT2D eigenvalue weighted by Crippen LogP contribution is 2.27. The Balaban J connectivity index is 2.25. The molecule has 2 rings (SSSR count). The number of esters is 1.